The topological polar surface area (TPSA) is 116 Å². The van der Waals surface area contributed by atoms with E-state index < -0.39 is 18.1 Å². The van der Waals surface area contributed by atoms with Gasteiger partial charge in [0, 0.05) is 25.4 Å². The fraction of sp³-hybridized carbons (Fsp3) is 0.625. The van der Waals surface area contributed by atoms with Crippen molar-refractivity contribution < 1.29 is 29.0 Å². The SMILES string of the molecule is CC(=O)N1C[C@H]2CC(COC(=O)NC3CC3)=C(C(=O)O)N3C(=O)[C@@H]1[C@@H]23.[NaH]. The molecular weight excluding hydrogens is 353 g/mol. The predicted molar refractivity (Wildman–Crippen MR) is 89.2 cm³/mol. The molecule has 3 heterocycles. The van der Waals surface area contributed by atoms with E-state index in [4.69, 9.17) is 4.74 Å². The van der Waals surface area contributed by atoms with Crippen LogP contribution in [0.4, 0.5) is 4.79 Å². The number of rotatable bonds is 4. The van der Waals surface area contributed by atoms with Crippen molar-refractivity contribution in [1.82, 2.24) is 15.1 Å². The molecule has 0 aromatic heterocycles. The van der Waals surface area contributed by atoms with E-state index in [0.29, 0.717) is 18.5 Å². The molecule has 3 aliphatic heterocycles. The van der Waals surface area contributed by atoms with E-state index in [1.165, 1.54) is 16.7 Å². The van der Waals surface area contributed by atoms with E-state index in [1.807, 2.05) is 0 Å². The monoisotopic (exact) mass is 373 g/mol. The number of carboxylic acid groups (broad SMARTS) is 1. The number of alkyl carbamates (subject to hydrolysis) is 1. The molecule has 0 unspecified atom stereocenters. The predicted octanol–water partition coefficient (Wildman–Crippen LogP) is -0.973. The Balaban J connectivity index is 0.00000196. The average molecular weight is 373 g/mol. The maximum absolute atomic E-state index is 12.4. The molecule has 2 N–H and O–H groups in total. The van der Waals surface area contributed by atoms with E-state index in [-0.39, 0.29) is 71.7 Å². The molecule has 4 rings (SSSR count). The number of carboxylic acids is 1. The van der Waals surface area contributed by atoms with E-state index in [2.05, 4.69) is 5.32 Å². The van der Waals surface area contributed by atoms with E-state index in [9.17, 15) is 24.3 Å². The van der Waals surface area contributed by atoms with Gasteiger partial charge in [-0.05, 0) is 24.8 Å². The first-order chi connectivity index (χ1) is 11.9. The van der Waals surface area contributed by atoms with Gasteiger partial charge in [0.2, 0.25) is 5.91 Å². The molecular formula is C16H20N3NaO6. The summed E-state index contributed by atoms with van der Waals surface area (Å²) in [5.74, 6) is -1.81. The van der Waals surface area contributed by atoms with Crippen LogP contribution in [-0.2, 0) is 19.1 Å². The number of carbonyl (C=O) groups excluding carboxylic acids is 3. The first-order valence-electron chi connectivity index (χ1n) is 8.37. The number of ether oxygens (including phenoxy) is 1. The van der Waals surface area contributed by atoms with Crippen molar-refractivity contribution in [3.63, 3.8) is 0 Å². The number of likely N-dealkylation sites (tertiary alicyclic amines) is 1. The summed E-state index contributed by atoms with van der Waals surface area (Å²) in [7, 11) is 0. The van der Waals surface area contributed by atoms with Crippen LogP contribution in [0.5, 0.6) is 0 Å². The number of hydrogen-bond acceptors (Lipinski definition) is 5. The van der Waals surface area contributed by atoms with Gasteiger partial charge in [0.25, 0.3) is 5.91 Å². The normalized spacial score (nSPS) is 28.8. The fourth-order valence-electron chi connectivity index (χ4n) is 4.08. The third kappa shape index (κ3) is 3.01. The molecule has 9 nitrogen and oxygen atoms in total. The van der Waals surface area contributed by atoms with Crippen LogP contribution in [0.2, 0.25) is 0 Å². The van der Waals surface area contributed by atoms with Crippen LogP contribution in [0, 0.1) is 5.92 Å². The van der Waals surface area contributed by atoms with Gasteiger partial charge in [-0.3, -0.25) is 14.5 Å². The number of carbonyl (C=O) groups is 4. The summed E-state index contributed by atoms with van der Waals surface area (Å²) in [6.07, 6.45) is 1.66. The Labute approximate surface area is 172 Å². The number of β-lactam (4-membered cyclic amide) rings is 1. The second-order valence-corrected chi connectivity index (χ2v) is 7.03. The Morgan fingerprint density at radius 1 is 1.31 bits per heavy atom. The zero-order valence-corrected chi connectivity index (χ0v) is 13.7. The van der Waals surface area contributed by atoms with E-state index in [1.54, 1.807) is 0 Å². The summed E-state index contributed by atoms with van der Waals surface area (Å²) < 4.78 is 5.15. The van der Waals surface area contributed by atoms with Gasteiger partial charge >= 0.3 is 41.6 Å². The summed E-state index contributed by atoms with van der Waals surface area (Å²) in [4.78, 5) is 50.3. The van der Waals surface area contributed by atoms with Crippen molar-refractivity contribution in [2.45, 2.75) is 44.3 Å². The van der Waals surface area contributed by atoms with Gasteiger partial charge in [0.15, 0.2) is 0 Å². The minimum absolute atomic E-state index is 0. The zero-order chi connectivity index (χ0) is 17.9. The fourth-order valence-corrected chi connectivity index (χ4v) is 4.08. The molecule has 0 radical (unpaired) electrons. The van der Waals surface area contributed by atoms with Crippen LogP contribution >= 0.6 is 0 Å². The van der Waals surface area contributed by atoms with Crippen LogP contribution < -0.4 is 5.32 Å². The van der Waals surface area contributed by atoms with Gasteiger partial charge in [-0.25, -0.2) is 9.59 Å². The molecule has 1 aliphatic carbocycles. The standard InChI is InChI=1S/C16H19N3O6.Na.H/c1-7(20)18-5-8-4-9(6-25-16(24)17-10-2-3-10)12(15(22)23)19-11(8)13(18)14(19)21;;/h8,10-11,13H,2-6H2,1H3,(H,17,24)(H,22,23);;/t8-,11-,13+;;/m1../s1. The third-order valence-corrected chi connectivity index (χ3v) is 5.33. The van der Waals surface area contributed by atoms with Crippen LogP contribution in [0.15, 0.2) is 11.3 Å². The summed E-state index contributed by atoms with van der Waals surface area (Å²) in [6.45, 7) is 1.65. The molecule has 3 amide bonds. The molecule has 4 aliphatic rings. The Hall–Kier alpha value is -1.58. The number of nitrogens with zero attached hydrogens (tertiary/aromatic N) is 2. The summed E-state index contributed by atoms with van der Waals surface area (Å²) >= 11 is 0. The van der Waals surface area contributed by atoms with Crippen molar-refractivity contribution in [3.8, 4) is 0 Å². The molecule has 3 atom stereocenters. The third-order valence-electron chi connectivity index (χ3n) is 5.33. The second kappa shape index (κ2) is 6.86. The van der Waals surface area contributed by atoms with Gasteiger partial charge in [0.05, 0.1) is 6.04 Å². The van der Waals surface area contributed by atoms with Crippen molar-refractivity contribution in [1.29, 1.82) is 0 Å². The molecule has 1 saturated carbocycles. The number of nitrogens with one attached hydrogen (secondary N) is 1. The Kier molecular flexibility index (Phi) is 5.06. The number of hydrogen-bond donors (Lipinski definition) is 2. The summed E-state index contributed by atoms with van der Waals surface area (Å²) in [6, 6.07) is -0.697. The molecule has 3 fully saturated rings. The van der Waals surface area contributed by atoms with Gasteiger partial charge in [-0.2, -0.15) is 0 Å². The van der Waals surface area contributed by atoms with E-state index in [0.717, 1.165) is 12.8 Å². The molecule has 0 bridgehead atoms. The van der Waals surface area contributed by atoms with Crippen LogP contribution in [0.1, 0.15) is 26.2 Å². The van der Waals surface area contributed by atoms with Gasteiger partial charge in [0.1, 0.15) is 18.3 Å². The number of amides is 3. The molecule has 0 aromatic carbocycles. The average Bonchev–Trinajstić information content (AvgIpc) is 3.27. The first-order valence-corrected chi connectivity index (χ1v) is 8.37. The molecule has 2 saturated heterocycles. The number of aliphatic carboxylic acids is 1. The van der Waals surface area contributed by atoms with Crippen LogP contribution in [-0.4, -0.2) is 99.6 Å². The van der Waals surface area contributed by atoms with Crippen molar-refractivity contribution in [2.75, 3.05) is 13.2 Å². The zero-order valence-electron chi connectivity index (χ0n) is 13.7. The van der Waals surface area contributed by atoms with Crippen molar-refractivity contribution >= 4 is 53.4 Å². The molecule has 0 aromatic rings. The van der Waals surface area contributed by atoms with Crippen LogP contribution in [0.3, 0.4) is 0 Å². The van der Waals surface area contributed by atoms with Gasteiger partial charge in [-0.1, -0.05) is 0 Å². The Bertz CT molecular complexity index is 719. The Morgan fingerprint density at radius 2 is 2.00 bits per heavy atom. The maximum atomic E-state index is 12.4. The van der Waals surface area contributed by atoms with Gasteiger partial charge in [-0.15, -0.1) is 0 Å². The van der Waals surface area contributed by atoms with Gasteiger partial charge < -0.3 is 20.1 Å². The first kappa shape index (κ1) is 19.2. The second-order valence-electron chi connectivity index (χ2n) is 7.03. The van der Waals surface area contributed by atoms with E-state index >= 15 is 0 Å². The summed E-state index contributed by atoms with van der Waals surface area (Å²) in [5.41, 5.74) is 0.309. The Morgan fingerprint density at radius 3 is 2.58 bits per heavy atom. The van der Waals surface area contributed by atoms with Crippen molar-refractivity contribution in [3.05, 3.63) is 11.3 Å². The molecule has 0 spiro atoms. The molecule has 10 heteroatoms. The quantitative estimate of drug-likeness (QED) is 0.484. The molecule has 26 heavy (non-hydrogen) atoms. The molecule has 136 valence electrons. The van der Waals surface area contributed by atoms with Crippen molar-refractivity contribution in [2.24, 2.45) is 5.92 Å². The minimum atomic E-state index is -1.22. The van der Waals surface area contributed by atoms with Crippen LogP contribution in [0.25, 0.3) is 0 Å². The summed E-state index contributed by atoms with van der Waals surface area (Å²) in [5, 5.41) is 12.2.